The second kappa shape index (κ2) is 6.92. The van der Waals surface area contributed by atoms with E-state index in [-0.39, 0.29) is 5.91 Å². The average molecular weight is 305 g/mol. The Labute approximate surface area is 135 Å². The first-order chi connectivity index (χ1) is 11.3. The Balaban J connectivity index is 2.05. The monoisotopic (exact) mass is 305 g/mol. The summed E-state index contributed by atoms with van der Waals surface area (Å²) in [5.74, 6) is -0.0899. The quantitative estimate of drug-likeness (QED) is 0.781. The molecule has 0 saturated carbocycles. The van der Waals surface area contributed by atoms with Crippen LogP contribution in [0, 0.1) is 0 Å². The van der Waals surface area contributed by atoms with E-state index >= 15 is 0 Å². The number of carbonyl (C=O) groups is 1. The van der Waals surface area contributed by atoms with Gasteiger partial charge in [-0.3, -0.25) is 4.79 Å². The molecule has 0 radical (unpaired) electrons. The summed E-state index contributed by atoms with van der Waals surface area (Å²) in [5, 5.41) is 7.57. The number of carbonyl (C=O) groups excluding carboxylic acids is 1. The molecule has 4 nitrogen and oxygen atoms in total. The number of amides is 1. The van der Waals surface area contributed by atoms with Gasteiger partial charge in [-0.05, 0) is 18.6 Å². The number of rotatable bonds is 5. The lowest BCUT2D eigenvalue weighted by atomic mass is 10.1. The summed E-state index contributed by atoms with van der Waals surface area (Å²) in [6.45, 7) is 2.69. The molecule has 1 N–H and O–H groups in total. The number of para-hydroxylation sites is 1. The number of hydrogen-bond donors (Lipinski definition) is 1. The lowest BCUT2D eigenvalue weighted by Gasteiger charge is -2.03. The smallest absolute Gasteiger partial charge is 0.255 e. The van der Waals surface area contributed by atoms with E-state index in [1.54, 1.807) is 10.9 Å². The number of nitrogens with zero attached hydrogens (tertiary/aromatic N) is 2. The van der Waals surface area contributed by atoms with Gasteiger partial charge in [0, 0.05) is 18.3 Å². The van der Waals surface area contributed by atoms with Gasteiger partial charge in [-0.25, -0.2) is 4.68 Å². The Morgan fingerprint density at radius 2 is 1.70 bits per heavy atom. The summed E-state index contributed by atoms with van der Waals surface area (Å²) in [7, 11) is 0. The SMILES string of the molecule is CCCNC(=O)c1cn(-c2ccccc2)nc1-c1ccccc1. The van der Waals surface area contributed by atoms with Crippen LogP contribution in [0.4, 0.5) is 0 Å². The van der Waals surface area contributed by atoms with Crippen LogP contribution in [0.1, 0.15) is 23.7 Å². The molecule has 1 amide bonds. The van der Waals surface area contributed by atoms with Gasteiger partial charge in [0.25, 0.3) is 5.91 Å². The summed E-state index contributed by atoms with van der Waals surface area (Å²) in [5.41, 5.74) is 3.15. The van der Waals surface area contributed by atoms with Gasteiger partial charge in [-0.2, -0.15) is 5.10 Å². The Hall–Kier alpha value is -2.88. The van der Waals surface area contributed by atoms with Crippen LogP contribution in [0.25, 0.3) is 16.9 Å². The second-order valence-electron chi connectivity index (χ2n) is 5.29. The van der Waals surface area contributed by atoms with Gasteiger partial charge in [0.05, 0.1) is 11.3 Å². The highest BCUT2D eigenvalue weighted by molar-refractivity contribution is 5.99. The van der Waals surface area contributed by atoms with Crippen LogP contribution in [0.2, 0.25) is 0 Å². The van der Waals surface area contributed by atoms with Crippen molar-refractivity contribution in [1.82, 2.24) is 15.1 Å². The van der Waals surface area contributed by atoms with Crippen molar-refractivity contribution >= 4 is 5.91 Å². The summed E-state index contributed by atoms with van der Waals surface area (Å²) >= 11 is 0. The maximum atomic E-state index is 12.5. The van der Waals surface area contributed by atoms with Crippen LogP contribution in [-0.2, 0) is 0 Å². The molecule has 0 atom stereocenters. The molecule has 0 unspecified atom stereocenters. The first-order valence-corrected chi connectivity index (χ1v) is 7.78. The molecule has 0 fully saturated rings. The zero-order valence-corrected chi connectivity index (χ0v) is 13.1. The van der Waals surface area contributed by atoms with E-state index < -0.39 is 0 Å². The van der Waals surface area contributed by atoms with E-state index in [1.165, 1.54) is 0 Å². The summed E-state index contributed by atoms with van der Waals surface area (Å²) in [6.07, 6.45) is 2.70. The third kappa shape index (κ3) is 3.31. The minimum Gasteiger partial charge on any atom is -0.352 e. The Morgan fingerprint density at radius 1 is 1.04 bits per heavy atom. The highest BCUT2D eigenvalue weighted by Crippen LogP contribution is 2.23. The van der Waals surface area contributed by atoms with E-state index in [4.69, 9.17) is 0 Å². The zero-order chi connectivity index (χ0) is 16.1. The highest BCUT2D eigenvalue weighted by Gasteiger charge is 2.18. The van der Waals surface area contributed by atoms with Gasteiger partial charge in [-0.1, -0.05) is 55.5 Å². The van der Waals surface area contributed by atoms with Crippen LogP contribution in [0.15, 0.2) is 66.9 Å². The molecule has 0 aliphatic carbocycles. The van der Waals surface area contributed by atoms with Gasteiger partial charge >= 0.3 is 0 Å². The third-order valence-corrected chi connectivity index (χ3v) is 3.56. The minimum atomic E-state index is -0.0899. The molecular weight excluding hydrogens is 286 g/mol. The average Bonchev–Trinajstić information content (AvgIpc) is 3.07. The molecule has 0 bridgehead atoms. The molecule has 0 aliphatic heterocycles. The molecule has 3 rings (SSSR count). The molecule has 0 aliphatic rings. The summed E-state index contributed by atoms with van der Waals surface area (Å²) in [6, 6.07) is 19.6. The van der Waals surface area contributed by atoms with Crippen LogP contribution in [0.3, 0.4) is 0 Å². The molecule has 116 valence electrons. The fourth-order valence-electron chi connectivity index (χ4n) is 2.40. The fourth-order valence-corrected chi connectivity index (χ4v) is 2.40. The Bertz CT molecular complexity index is 779. The minimum absolute atomic E-state index is 0.0899. The van der Waals surface area contributed by atoms with Gasteiger partial charge < -0.3 is 5.32 Å². The number of aromatic nitrogens is 2. The Kier molecular flexibility index (Phi) is 4.52. The van der Waals surface area contributed by atoms with Crippen LogP contribution in [0.5, 0.6) is 0 Å². The van der Waals surface area contributed by atoms with E-state index in [0.717, 1.165) is 17.7 Å². The first kappa shape index (κ1) is 15.0. The van der Waals surface area contributed by atoms with Gasteiger partial charge in [0.15, 0.2) is 0 Å². The van der Waals surface area contributed by atoms with Crippen molar-refractivity contribution in [2.24, 2.45) is 0 Å². The van der Waals surface area contributed by atoms with E-state index in [2.05, 4.69) is 10.4 Å². The predicted molar refractivity (Wildman–Crippen MR) is 91.6 cm³/mol. The first-order valence-electron chi connectivity index (χ1n) is 7.78. The second-order valence-corrected chi connectivity index (χ2v) is 5.29. The fraction of sp³-hybridized carbons (Fsp3) is 0.158. The molecule has 0 spiro atoms. The van der Waals surface area contributed by atoms with Gasteiger partial charge in [0.2, 0.25) is 0 Å². The van der Waals surface area contributed by atoms with Crippen molar-refractivity contribution < 1.29 is 4.79 Å². The van der Waals surface area contributed by atoms with Crippen LogP contribution >= 0.6 is 0 Å². The zero-order valence-electron chi connectivity index (χ0n) is 13.1. The van der Waals surface area contributed by atoms with Crippen molar-refractivity contribution in [2.45, 2.75) is 13.3 Å². The van der Waals surface area contributed by atoms with Crippen molar-refractivity contribution in [3.8, 4) is 16.9 Å². The summed E-state index contributed by atoms with van der Waals surface area (Å²) < 4.78 is 1.75. The van der Waals surface area contributed by atoms with Crippen LogP contribution in [-0.4, -0.2) is 22.2 Å². The molecule has 2 aromatic carbocycles. The highest BCUT2D eigenvalue weighted by atomic mass is 16.1. The number of nitrogens with one attached hydrogen (secondary N) is 1. The lowest BCUT2D eigenvalue weighted by molar-refractivity contribution is 0.0954. The molecule has 1 heterocycles. The van der Waals surface area contributed by atoms with Crippen molar-refractivity contribution in [3.63, 3.8) is 0 Å². The molecule has 1 aromatic heterocycles. The van der Waals surface area contributed by atoms with Gasteiger partial charge in [0.1, 0.15) is 5.69 Å². The van der Waals surface area contributed by atoms with E-state index in [9.17, 15) is 4.79 Å². The number of hydrogen-bond acceptors (Lipinski definition) is 2. The normalized spacial score (nSPS) is 10.5. The predicted octanol–water partition coefficient (Wildman–Crippen LogP) is 3.68. The maximum Gasteiger partial charge on any atom is 0.255 e. The lowest BCUT2D eigenvalue weighted by Crippen LogP contribution is -2.24. The molecule has 3 aromatic rings. The topological polar surface area (TPSA) is 46.9 Å². The number of benzene rings is 2. The maximum absolute atomic E-state index is 12.5. The van der Waals surface area contributed by atoms with Crippen LogP contribution < -0.4 is 5.32 Å². The molecular formula is C19H19N3O. The van der Waals surface area contributed by atoms with Crippen molar-refractivity contribution in [1.29, 1.82) is 0 Å². The molecule has 0 saturated heterocycles. The van der Waals surface area contributed by atoms with Gasteiger partial charge in [-0.15, -0.1) is 0 Å². The summed E-state index contributed by atoms with van der Waals surface area (Å²) in [4.78, 5) is 12.5. The Morgan fingerprint density at radius 3 is 2.35 bits per heavy atom. The van der Waals surface area contributed by atoms with Crippen molar-refractivity contribution in [2.75, 3.05) is 6.54 Å². The van der Waals surface area contributed by atoms with E-state index in [0.29, 0.717) is 17.8 Å². The third-order valence-electron chi connectivity index (χ3n) is 3.56. The largest absolute Gasteiger partial charge is 0.352 e. The van der Waals surface area contributed by atoms with Crippen molar-refractivity contribution in [3.05, 3.63) is 72.4 Å². The molecule has 23 heavy (non-hydrogen) atoms. The van der Waals surface area contributed by atoms with E-state index in [1.807, 2.05) is 67.6 Å². The standard InChI is InChI=1S/C19H19N3O/c1-2-13-20-19(23)17-14-22(16-11-7-4-8-12-16)21-18(17)15-9-5-3-6-10-15/h3-12,14H,2,13H2,1H3,(H,20,23). The molecule has 4 heteroatoms.